The van der Waals surface area contributed by atoms with E-state index in [2.05, 4.69) is 55.9 Å². The maximum Gasteiger partial charge on any atom is 0.0858 e. The van der Waals surface area contributed by atoms with Gasteiger partial charge in [0.2, 0.25) is 0 Å². The Balaban J connectivity index is 2.94. The van der Waals surface area contributed by atoms with Crippen molar-refractivity contribution in [2.24, 2.45) is 0 Å². The summed E-state index contributed by atoms with van der Waals surface area (Å²) in [4.78, 5) is 4.50. The van der Waals surface area contributed by atoms with E-state index in [0.717, 1.165) is 25.5 Å². The van der Waals surface area contributed by atoms with Gasteiger partial charge in [0, 0.05) is 20.0 Å². The summed E-state index contributed by atoms with van der Waals surface area (Å²) < 4.78 is 2.15. The van der Waals surface area contributed by atoms with Crippen LogP contribution in [0.1, 0.15) is 11.3 Å². The number of nitrogens with zero attached hydrogens (tertiary/aromatic N) is 1. The summed E-state index contributed by atoms with van der Waals surface area (Å²) >= 11 is 7.09. The van der Waals surface area contributed by atoms with Crippen LogP contribution in [0.4, 0.5) is 0 Å². The molecule has 0 radical (unpaired) electrons. The number of rotatable bonds is 0. The minimum absolute atomic E-state index is 1.02. The lowest BCUT2D eigenvalue weighted by atomic mass is 10.1. The van der Waals surface area contributed by atoms with Crippen LogP contribution in [-0.2, 0) is 0 Å². The molecule has 3 heteroatoms. The lowest BCUT2D eigenvalue weighted by Gasteiger charge is -2.05. The highest BCUT2D eigenvalue weighted by Gasteiger charge is 2.05. The van der Waals surface area contributed by atoms with Crippen molar-refractivity contribution in [1.29, 1.82) is 0 Å². The highest BCUT2D eigenvalue weighted by atomic mass is 79.9. The first kappa shape index (κ1) is 10.1. The Bertz CT molecular complexity index is 459. The highest BCUT2D eigenvalue weighted by Crippen LogP contribution is 2.29. The molecular formula is C11H9Br2N. The molecule has 14 heavy (non-hydrogen) atoms. The lowest BCUT2D eigenvalue weighted by molar-refractivity contribution is 1.24. The minimum Gasteiger partial charge on any atom is -0.252 e. The minimum atomic E-state index is 1.02. The zero-order valence-corrected chi connectivity index (χ0v) is 11.1. The molecule has 0 saturated heterocycles. The first-order chi connectivity index (χ1) is 6.58. The fourth-order valence-corrected chi connectivity index (χ4v) is 2.80. The molecule has 0 unspecified atom stereocenters. The molecule has 0 aliphatic heterocycles. The van der Waals surface area contributed by atoms with Crippen LogP contribution in [0, 0.1) is 13.8 Å². The number of benzene rings is 1. The van der Waals surface area contributed by atoms with Crippen LogP contribution in [0.2, 0.25) is 0 Å². The predicted octanol–water partition coefficient (Wildman–Crippen LogP) is 4.38. The Kier molecular flexibility index (Phi) is 2.62. The van der Waals surface area contributed by atoms with E-state index in [0.29, 0.717) is 0 Å². The van der Waals surface area contributed by atoms with E-state index in [4.69, 9.17) is 0 Å². The van der Waals surface area contributed by atoms with Crippen molar-refractivity contribution in [1.82, 2.24) is 4.98 Å². The quantitative estimate of drug-likeness (QED) is 0.703. The van der Waals surface area contributed by atoms with Crippen LogP contribution in [0.15, 0.2) is 27.1 Å². The molecule has 1 heterocycles. The molecule has 72 valence electrons. The first-order valence-corrected chi connectivity index (χ1v) is 5.89. The Labute approximate surface area is 99.8 Å². The molecular weight excluding hydrogens is 306 g/mol. The van der Waals surface area contributed by atoms with Crippen molar-refractivity contribution >= 4 is 42.8 Å². The number of pyridine rings is 1. The smallest absolute Gasteiger partial charge is 0.0858 e. The topological polar surface area (TPSA) is 12.9 Å². The molecule has 2 aromatic rings. The van der Waals surface area contributed by atoms with E-state index in [1.807, 2.05) is 13.0 Å². The van der Waals surface area contributed by atoms with E-state index >= 15 is 0 Å². The summed E-state index contributed by atoms with van der Waals surface area (Å²) in [5, 5.41) is 1.16. The van der Waals surface area contributed by atoms with Crippen LogP contribution in [0.25, 0.3) is 10.9 Å². The van der Waals surface area contributed by atoms with Crippen LogP contribution < -0.4 is 0 Å². The van der Waals surface area contributed by atoms with Gasteiger partial charge in [-0.15, -0.1) is 0 Å². The second-order valence-electron chi connectivity index (χ2n) is 3.39. The summed E-state index contributed by atoms with van der Waals surface area (Å²) in [6, 6.07) is 6.26. The third-order valence-corrected chi connectivity index (χ3v) is 3.35. The van der Waals surface area contributed by atoms with E-state index in [1.54, 1.807) is 0 Å². The van der Waals surface area contributed by atoms with Gasteiger partial charge in [-0.25, -0.2) is 0 Å². The Hall–Kier alpha value is -0.410. The van der Waals surface area contributed by atoms with Crippen molar-refractivity contribution in [3.05, 3.63) is 38.4 Å². The lowest BCUT2D eigenvalue weighted by Crippen LogP contribution is -1.87. The zero-order chi connectivity index (χ0) is 10.3. The van der Waals surface area contributed by atoms with E-state index in [9.17, 15) is 0 Å². The van der Waals surface area contributed by atoms with Gasteiger partial charge in [-0.05, 0) is 53.5 Å². The first-order valence-electron chi connectivity index (χ1n) is 4.31. The second-order valence-corrected chi connectivity index (χ2v) is 5.10. The highest BCUT2D eigenvalue weighted by molar-refractivity contribution is 9.11. The van der Waals surface area contributed by atoms with Crippen molar-refractivity contribution in [2.45, 2.75) is 13.8 Å². The summed E-state index contributed by atoms with van der Waals surface area (Å²) in [7, 11) is 0. The van der Waals surface area contributed by atoms with E-state index in [-0.39, 0.29) is 0 Å². The van der Waals surface area contributed by atoms with Gasteiger partial charge in [0.25, 0.3) is 0 Å². The summed E-state index contributed by atoms with van der Waals surface area (Å²) in [5.74, 6) is 0. The predicted molar refractivity (Wildman–Crippen MR) is 66.6 cm³/mol. The molecule has 0 saturated carbocycles. The van der Waals surface area contributed by atoms with Crippen LogP contribution in [0.5, 0.6) is 0 Å². The molecule has 0 atom stereocenters. The summed E-state index contributed by atoms with van der Waals surface area (Å²) in [6.45, 7) is 4.08. The Morgan fingerprint density at radius 2 is 1.71 bits per heavy atom. The molecule has 0 fully saturated rings. The molecule has 0 amide bonds. The second kappa shape index (κ2) is 3.63. The monoisotopic (exact) mass is 313 g/mol. The van der Waals surface area contributed by atoms with Gasteiger partial charge in [-0.2, -0.15) is 0 Å². The summed E-state index contributed by atoms with van der Waals surface area (Å²) in [6.07, 6.45) is 0. The normalized spacial score (nSPS) is 10.9. The van der Waals surface area contributed by atoms with Crippen LogP contribution in [0.3, 0.4) is 0 Å². The number of halogens is 2. The number of hydrogen-bond donors (Lipinski definition) is 0. The molecule has 1 aromatic carbocycles. The molecule has 2 rings (SSSR count). The van der Waals surface area contributed by atoms with E-state index in [1.165, 1.54) is 5.56 Å². The van der Waals surface area contributed by atoms with Crippen molar-refractivity contribution < 1.29 is 0 Å². The Morgan fingerprint density at radius 1 is 1.00 bits per heavy atom. The maximum absolute atomic E-state index is 4.50. The third-order valence-electron chi connectivity index (χ3n) is 2.09. The molecule has 0 aliphatic carbocycles. The van der Waals surface area contributed by atoms with Crippen molar-refractivity contribution in [3.63, 3.8) is 0 Å². The van der Waals surface area contributed by atoms with Gasteiger partial charge in [-0.3, -0.25) is 4.98 Å². The number of aryl methyl sites for hydroxylation is 2. The number of aromatic nitrogens is 1. The standard InChI is InChI=1S/C11H9Br2N/c1-6-3-8-9(12)5-7(2)14-11(8)10(13)4-6/h3-5H,1-2H3. The fourth-order valence-electron chi connectivity index (χ4n) is 1.50. The third kappa shape index (κ3) is 1.71. The average molecular weight is 315 g/mol. The van der Waals surface area contributed by atoms with Crippen molar-refractivity contribution in [2.75, 3.05) is 0 Å². The SMILES string of the molecule is Cc1cc(Br)c2nc(C)cc(Br)c2c1. The van der Waals surface area contributed by atoms with Gasteiger partial charge in [-0.1, -0.05) is 15.9 Å². The molecule has 0 N–H and O–H groups in total. The van der Waals surface area contributed by atoms with Crippen molar-refractivity contribution in [3.8, 4) is 0 Å². The largest absolute Gasteiger partial charge is 0.252 e. The molecule has 1 nitrogen and oxygen atoms in total. The van der Waals surface area contributed by atoms with Gasteiger partial charge in [0.15, 0.2) is 0 Å². The van der Waals surface area contributed by atoms with Crippen LogP contribution in [-0.4, -0.2) is 4.98 Å². The maximum atomic E-state index is 4.50. The molecule has 0 aliphatic rings. The average Bonchev–Trinajstić information content (AvgIpc) is 2.07. The Morgan fingerprint density at radius 3 is 2.43 bits per heavy atom. The number of fused-ring (bicyclic) bond motifs is 1. The van der Waals surface area contributed by atoms with Gasteiger partial charge < -0.3 is 0 Å². The fraction of sp³-hybridized carbons (Fsp3) is 0.182. The van der Waals surface area contributed by atoms with Gasteiger partial charge in [0.1, 0.15) is 0 Å². The number of hydrogen-bond acceptors (Lipinski definition) is 1. The van der Waals surface area contributed by atoms with Gasteiger partial charge in [0.05, 0.1) is 5.52 Å². The summed E-state index contributed by atoms with van der Waals surface area (Å²) in [5.41, 5.74) is 3.27. The molecule has 1 aromatic heterocycles. The molecule has 0 bridgehead atoms. The van der Waals surface area contributed by atoms with Gasteiger partial charge >= 0.3 is 0 Å². The van der Waals surface area contributed by atoms with E-state index < -0.39 is 0 Å². The van der Waals surface area contributed by atoms with Crippen LogP contribution >= 0.6 is 31.9 Å². The molecule has 0 spiro atoms. The zero-order valence-electron chi connectivity index (χ0n) is 7.94.